The summed E-state index contributed by atoms with van der Waals surface area (Å²) < 4.78 is 0. The highest BCUT2D eigenvalue weighted by molar-refractivity contribution is 4.98. The molecule has 1 unspecified atom stereocenters. The fourth-order valence-corrected chi connectivity index (χ4v) is 0.911. The highest BCUT2D eigenvalue weighted by atomic mass is 14.9. The maximum atomic E-state index is 5.38. The second-order valence-corrected chi connectivity index (χ2v) is 4.65. The zero-order chi connectivity index (χ0) is 10.5. The van der Waals surface area contributed by atoms with Gasteiger partial charge in [0.2, 0.25) is 0 Å². The molecular weight excluding hydrogens is 158 g/mol. The summed E-state index contributed by atoms with van der Waals surface area (Å²) in [6.07, 6.45) is 6.38. The average Bonchev–Trinajstić information content (AvgIpc) is 2.06. The van der Waals surface area contributed by atoms with Gasteiger partial charge in [-0.15, -0.1) is 6.42 Å². The van der Waals surface area contributed by atoms with E-state index >= 15 is 0 Å². The van der Waals surface area contributed by atoms with E-state index in [0.29, 0.717) is 11.3 Å². The number of hydrogen-bond donors (Lipinski definition) is 1. The summed E-state index contributed by atoms with van der Waals surface area (Å²) >= 11 is 0. The maximum absolute atomic E-state index is 5.38. The molecule has 0 heterocycles. The van der Waals surface area contributed by atoms with Crippen LogP contribution in [0, 0.1) is 23.7 Å². The Morgan fingerprint density at radius 1 is 1.38 bits per heavy atom. The van der Waals surface area contributed by atoms with Crippen molar-refractivity contribution in [2.75, 3.05) is 6.54 Å². The van der Waals surface area contributed by atoms with Gasteiger partial charge in [-0.2, -0.15) is 0 Å². The van der Waals surface area contributed by atoms with Crippen LogP contribution < -0.4 is 5.32 Å². The molecule has 0 amide bonds. The summed E-state index contributed by atoms with van der Waals surface area (Å²) in [6, 6.07) is 0.234. The second-order valence-electron chi connectivity index (χ2n) is 4.65. The molecule has 0 aromatic carbocycles. The van der Waals surface area contributed by atoms with Gasteiger partial charge in [0, 0.05) is 6.54 Å². The number of rotatable bonds is 5. The standard InChI is InChI=1S/C12H23N/c1-7-11(8-2)13-9-12(5,6)10(3)4/h1,10-11,13H,8-9H2,2-6H3. The lowest BCUT2D eigenvalue weighted by atomic mass is 9.81. The molecule has 0 fully saturated rings. The Hall–Kier alpha value is -0.480. The summed E-state index contributed by atoms with van der Waals surface area (Å²) in [4.78, 5) is 0. The van der Waals surface area contributed by atoms with Gasteiger partial charge in [-0.3, -0.25) is 0 Å². The van der Waals surface area contributed by atoms with E-state index in [4.69, 9.17) is 6.42 Å². The van der Waals surface area contributed by atoms with Gasteiger partial charge in [0.1, 0.15) is 0 Å². The van der Waals surface area contributed by atoms with E-state index in [1.54, 1.807) is 0 Å². The van der Waals surface area contributed by atoms with Crippen LogP contribution in [0.25, 0.3) is 0 Å². The first-order valence-electron chi connectivity index (χ1n) is 5.13. The summed E-state index contributed by atoms with van der Waals surface area (Å²) in [7, 11) is 0. The molecule has 1 nitrogen and oxygen atoms in total. The molecule has 0 rings (SSSR count). The van der Waals surface area contributed by atoms with E-state index in [2.05, 4.69) is 45.9 Å². The fraction of sp³-hybridized carbons (Fsp3) is 0.833. The molecule has 0 spiro atoms. The lowest BCUT2D eigenvalue weighted by Gasteiger charge is -2.30. The molecule has 0 aliphatic carbocycles. The minimum Gasteiger partial charge on any atom is -0.303 e. The van der Waals surface area contributed by atoms with Gasteiger partial charge in [0.05, 0.1) is 6.04 Å². The molecule has 0 bridgehead atoms. The molecule has 1 heteroatoms. The van der Waals surface area contributed by atoms with Crippen LogP contribution in [-0.4, -0.2) is 12.6 Å². The molecule has 13 heavy (non-hydrogen) atoms. The Morgan fingerprint density at radius 3 is 2.23 bits per heavy atom. The number of terminal acetylenes is 1. The summed E-state index contributed by atoms with van der Waals surface area (Å²) in [5.41, 5.74) is 0.324. The minimum absolute atomic E-state index is 0.234. The zero-order valence-corrected chi connectivity index (χ0v) is 9.65. The molecule has 1 N–H and O–H groups in total. The van der Waals surface area contributed by atoms with Crippen molar-refractivity contribution in [3.8, 4) is 12.3 Å². The molecule has 0 aromatic heterocycles. The third kappa shape index (κ3) is 4.33. The Balaban J connectivity index is 3.94. The normalized spacial score (nSPS) is 14.2. The molecule has 0 saturated heterocycles. The largest absolute Gasteiger partial charge is 0.303 e. The first-order chi connectivity index (χ1) is 5.94. The predicted molar refractivity (Wildman–Crippen MR) is 59.5 cm³/mol. The van der Waals surface area contributed by atoms with Gasteiger partial charge in [-0.25, -0.2) is 0 Å². The second kappa shape index (κ2) is 5.29. The third-order valence-corrected chi connectivity index (χ3v) is 2.98. The number of nitrogens with one attached hydrogen (secondary N) is 1. The monoisotopic (exact) mass is 181 g/mol. The van der Waals surface area contributed by atoms with Crippen molar-refractivity contribution >= 4 is 0 Å². The SMILES string of the molecule is C#CC(CC)NCC(C)(C)C(C)C. The predicted octanol–water partition coefficient (Wildman–Crippen LogP) is 2.67. The quantitative estimate of drug-likeness (QED) is 0.643. The van der Waals surface area contributed by atoms with Crippen molar-refractivity contribution in [3.05, 3.63) is 0 Å². The maximum Gasteiger partial charge on any atom is 0.0684 e. The Kier molecular flexibility index (Phi) is 5.10. The van der Waals surface area contributed by atoms with Gasteiger partial charge in [0.15, 0.2) is 0 Å². The molecule has 0 aliphatic heterocycles. The molecule has 0 radical (unpaired) electrons. The molecule has 0 saturated carbocycles. The third-order valence-electron chi connectivity index (χ3n) is 2.98. The zero-order valence-electron chi connectivity index (χ0n) is 9.65. The van der Waals surface area contributed by atoms with Crippen LogP contribution in [0.4, 0.5) is 0 Å². The number of hydrogen-bond acceptors (Lipinski definition) is 1. The van der Waals surface area contributed by atoms with Crippen molar-refractivity contribution in [1.82, 2.24) is 5.32 Å². The lowest BCUT2D eigenvalue weighted by molar-refractivity contribution is 0.233. The Labute approximate surface area is 83.3 Å². The molecule has 0 aliphatic rings. The van der Waals surface area contributed by atoms with Crippen LogP contribution >= 0.6 is 0 Å². The summed E-state index contributed by atoms with van der Waals surface area (Å²) in [5.74, 6) is 3.43. The van der Waals surface area contributed by atoms with E-state index < -0.39 is 0 Å². The van der Waals surface area contributed by atoms with Crippen LogP contribution in [0.5, 0.6) is 0 Å². The van der Waals surface area contributed by atoms with E-state index in [0.717, 1.165) is 13.0 Å². The first kappa shape index (κ1) is 12.5. The highest BCUT2D eigenvalue weighted by Crippen LogP contribution is 2.24. The van der Waals surface area contributed by atoms with Crippen molar-refractivity contribution in [2.24, 2.45) is 11.3 Å². The highest BCUT2D eigenvalue weighted by Gasteiger charge is 2.22. The van der Waals surface area contributed by atoms with Gasteiger partial charge < -0.3 is 5.32 Å². The van der Waals surface area contributed by atoms with E-state index in [1.165, 1.54) is 0 Å². The van der Waals surface area contributed by atoms with Crippen molar-refractivity contribution < 1.29 is 0 Å². The van der Waals surface area contributed by atoms with Crippen LogP contribution in [0.1, 0.15) is 41.0 Å². The van der Waals surface area contributed by atoms with E-state index in [1.807, 2.05) is 0 Å². The van der Waals surface area contributed by atoms with Crippen molar-refractivity contribution in [3.63, 3.8) is 0 Å². The average molecular weight is 181 g/mol. The first-order valence-corrected chi connectivity index (χ1v) is 5.13. The lowest BCUT2D eigenvalue weighted by Crippen LogP contribution is -2.38. The summed E-state index contributed by atoms with van der Waals surface area (Å²) in [5, 5.41) is 3.40. The van der Waals surface area contributed by atoms with Crippen molar-refractivity contribution in [1.29, 1.82) is 0 Å². The summed E-state index contributed by atoms with van der Waals surface area (Å²) in [6.45, 7) is 12.1. The van der Waals surface area contributed by atoms with Gasteiger partial charge in [0.25, 0.3) is 0 Å². The van der Waals surface area contributed by atoms with Crippen LogP contribution in [0.15, 0.2) is 0 Å². The van der Waals surface area contributed by atoms with Crippen LogP contribution in [0.2, 0.25) is 0 Å². The van der Waals surface area contributed by atoms with Gasteiger partial charge in [-0.05, 0) is 17.8 Å². The minimum atomic E-state index is 0.234. The molecular formula is C12H23N. The molecule has 0 aromatic rings. The Bertz CT molecular complexity index is 174. The van der Waals surface area contributed by atoms with Crippen molar-refractivity contribution in [2.45, 2.75) is 47.1 Å². The van der Waals surface area contributed by atoms with Gasteiger partial charge in [-0.1, -0.05) is 40.5 Å². The van der Waals surface area contributed by atoms with Crippen LogP contribution in [0.3, 0.4) is 0 Å². The smallest absolute Gasteiger partial charge is 0.0684 e. The Morgan fingerprint density at radius 2 is 1.92 bits per heavy atom. The van der Waals surface area contributed by atoms with E-state index in [9.17, 15) is 0 Å². The van der Waals surface area contributed by atoms with E-state index in [-0.39, 0.29) is 6.04 Å². The topological polar surface area (TPSA) is 12.0 Å². The fourth-order valence-electron chi connectivity index (χ4n) is 0.911. The van der Waals surface area contributed by atoms with Crippen LogP contribution in [-0.2, 0) is 0 Å². The molecule has 76 valence electrons. The van der Waals surface area contributed by atoms with Gasteiger partial charge >= 0.3 is 0 Å². The molecule has 1 atom stereocenters.